The molecule has 1 saturated heterocycles. The van der Waals surface area contributed by atoms with E-state index >= 15 is 0 Å². The molecule has 1 amide bonds. The number of hydrogen-bond acceptors (Lipinski definition) is 4. The van der Waals surface area contributed by atoms with Gasteiger partial charge in [0.2, 0.25) is 0 Å². The lowest BCUT2D eigenvalue weighted by molar-refractivity contribution is -0.170. The van der Waals surface area contributed by atoms with Gasteiger partial charge < -0.3 is 19.1 Å². The Morgan fingerprint density at radius 1 is 1.45 bits per heavy atom. The molecule has 0 bridgehead atoms. The summed E-state index contributed by atoms with van der Waals surface area (Å²) in [5.41, 5.74) is -0.449. The number of ether oxygens (including phenoxy) is 3. The highest BCUT2D eigenvalue weighted by atomic mass is 19.1. The molecule has 1 heterocycles. The average molecular weight is 311 g/mol. The van der Waals surface area contributed by atoms with E-state index in [0.717, 1.165) is 0 Å². The molecule has 1 fully saturated rings. The van der Waals surface area contributed by atoms with Crippen molar-refractivity contribution < 1.29 is 23.4 Å². The van der Waals surface area contributed by atoms with Gasteiger partial charge in [0.15, 0.2) is 18.2 Å². The number of hydrogen-bond donors (Lipinski definition) is 0. The van der Waals surface area contributed by atoms with Crippen LogP contribution in [-0.4, -0.2) is 55.9 Å². The number of morpholine rings is 1. The molecule has 1 aromatic rings. The monoisotopic (exact) mass is 311 g/mol. The fraction of sp³-hybridized carbons (Fsp3) is 0.562. The molecule has 122 valence electrons. The summed E-state index contributed by atoms with van der Waals surface area (Å²) in [4.78, 5) is 14.0. The summed E-state index contributed by atoms with van der Waals surface area (Å²) in [6.07, 6.45) is -0.175. The van der Waals surface area contributed by atoms with Gasteiger partial charge in [-0.3, -0.25) is 4.79 Å². The van der Waals surface area contributed by atoms with E-state index in [9.17, 15) is 9.18 Å². The average Bonchev–Trinajstić information content (AvgIpc) is 2.45. The second-order valence-electron chi connectivity index (χ2n) is 5.95. The Hall–Kier alpha value is -1.66. The number of halogens is 1. The number of carbonyl (C=O) groups is 1. The molecule has 22 heavy (non-hydrogen) atoms. The van der Waals surface area contributed by atoms with Crippen molar-refractivity contribution in [2.75, 3.05) is 33.4 Å². The molecule has 5 nitrogen and oxygen atoms in total. The summed E-state index contributed by atoms with van der Waals surface area (Å²) in [5, 5.41) is 0. The van der Waals surface area contributed by atoms with Crippen LogP contribution >= 0.6 is 0 Å². The maximum atomic E-state index is 13.5. The van der Waals surface area contributed by atoms with Crippen molar-refractivity contribution in [3.05, 3.63) is 30.1 Å². The van der Waals surface area contributed by atoms with Crippen molar-refractivity contribution >= 4 is 5.91 Å². The third-order valence-electron chi connectivity index (χ3n) is 3.37. The van der Waals surface area contributed by atoms with Crippen LogP contribution in [0.5, 0.6) is 5.75 Å². The molecule has 1 aliphatic heterocycles. The van der Waals surface area contributed by atoms with E-state index in [1.54, 1.807) is 24.1 Å². The molecule has 0 radical (unpaired) electrons. The van der Waals surface area contributed by atoms with E-state index in [4.69, 9.17) is 14.2 Å². The van der Waals surface area contributed by atoms with Crippen LogP contribution in [0.15, 0.2) is 24.3 Å². The van der Waals surface area contributed by atoms with Crippen LogP contribution in [0, 0.1) is 5.82 Å². The second-order valence-corrected chi connectivity index (χ2v) is 5.95. The zero-order chi connectivity index (χ0) is 16.2. The molecular weight excluding hydrogens is 289 g/mol. The van der Waals surface area contributed by atoms with Crippen molar-refractivity contribution in [2.45, 2.75) is 25.6 Å². The molecule has 0 N–H and O–H groups in total. The van der Waals surface area contributed by atoms with Crippen molar-refractivity contribution in [3.63, 3.8) is 0 Å². The predicted octanol–water partition coefficient (Wildman–Crippen LogP) is 1.86. The van der Waals surface area contributed by atoms with Gasteiger partial charge in [-0.15, -0.1) is 0 Å². The highest BCUT2D eigenvalue weighted by Crippen LogP contribution is 2.22. The third-order valence-corrected chi connectivity index (χ3v) is 3.37. The van der Waals surface area contributed by atoms with Gasteiger partial charge in [-0.1, -0.05) is 12.1 Å². The molecule has 2 rings (SSSR count). The number of benzene rings is 1. The molecular formula is C16H22FNO4. The third kappa shape index (κ3) is 4.42. The van der Waals surface area contributed by atoms with Gasteiger partial charge in [-0.25, -0.2) is 4.39 Å². The van der Waals surface area contributed by atoms with Crippen LogP contribution in [-0.2, 0) is 14.3 Å². The first kappa shape index (κ1) is 16.7. The zero-order valence-corrected chi connectivity index (χ0v) is 13.2. The summed E-state index contributed by atoms with van der Waals surface area (Å²) in [6, 6.07) is 6.03. The fourth-order valence-corrected chi connectivity index (χ4v) is 2.55. The smallest absolute Gasteiger partial charge is 0.260 e. The Bertz CT molecular complexity index is 521. The van der Waals surface area contributed by atoms with Crippen molar-refractivity contribution in [3.8, 4) is 5.75 Å². The first-order valence-corrected chi connectivity index (χ1v) is 7.23. The van der Waals surface area contributed by atoms with Crippen LogP contribution in [0.4, 0.5) is 4.39 Å². The number of methoxy groups -OCH3 is 1. The van der Waals surface area contributed by atoms with Gasteiger partial charge in [0.1, 0.15) is 0 Å². The Morgan fingerprint density at radius 3 is 2.86 bits per heavy atom. The van der Waals surface area contributed by atoms with Gasteiger partial charge in [0, 0.05) is 20.2 Å². The van der Waals surface area contributed by atoms with Gasteiger partial charge >= 0.3 is 0 Å². The maximum Gasteiger partial charge on any atom is 0.260 e. The largest absolute Gasteiger partial charge is 0.481 e. The van der Waals surface area contributed by atoms with Crippen molar-refractivity contribution in [1.82, 2.24) is 4.90 Å². The molecule has 0 aliphatic carbocycles. The lowest BCUT2D eigenvalue weighted by Gasteiger charge is -2.42. The van der Waals surface area contributed by atoms with Gasteiger partial charge in [-0.2, -0.15) is 0 Å². The van der Waals surface area contributed by atoms with Crippen LogP contribution in [0.1, 0.15) is 13.8 Å². The normalized spacial score (nSPS) is 20.7. The van der Waals surface area contributed by atoms with E-state index in [-0.39, 0.29) is 24.4 Å². The molecule has 0 unspecified atom stereocenters. The lowest BCUT2D eigenvalue weighted by atomic mass is 10.1. The Labute approximate surface area is 130 Å². The summed E-state index contributed by atoms with van der Waals surface area (Å²) in [5.74, 6) is -0.590. The number of rotatable bonds is 5. The molecule has 0 aromatic heterocycles. The quantitative estimate of drug-likeness (QED) is 0.833. The van der Waals surface area contributed by atoms with Gasteiger partial charge in [-0.05, 0) is 26.0 Å². The number of para-hydroxylation sites is 1. The van der Waals surface area contributed by atoms with Crippen molar-refractivity contribution in [2.24, 2.45) is 0 Å². The highest BCUT2D eigenvalue weighted by molar-refractivity contribution is 5.78. The Balaban J connectivity index is 1.95. The van der Waals surface area contributed by atoms with Crippen LogP contribution in [0.2, 0.25) is 0 Å². The van der Waals surface area contributed by atoms with Gasteiger partial charge in [0.25, 0.3) is 5.91 Å². The van der Waals surface area contributed by atoms with E-state index < -0.39 is 11.4 Å². The van der Waals surface area contributed by atoms with Crippen molar-refractivity contribution in [1.29, 1.82) is 0 Å². The highest BCUT2D eigenvalue weighted by Gasteiger charge is 2.35. The summed E-state index contributed by atoms with van der Waals surface area (Å²) in [6.45, 7) is 4.97. The Kier molecular flexibility index (Phi) is 5.37. The molecule has 1 atom stereocenters. The maximum absolute atomic E-state index is 13.5. The summed E-state index contributed by atoms with van der Waals surface area (Å²) in [7, 11) is 1.60. The van der Waals surface area contributed by atoms with E-state index in [2.05, 4.69) is 0 Å². The van der Waals surface area contributed by atoms with Crippen LogP contribution < -0.4 is 4.74 Å². The van der Waals surface area contributed by atoms with Gasteiger partial charge in [0.05, 0.1) is 18.3 Å². The summed E-state index contributed by atoms with van der Waals surface area (Å²) >= 11 is 0. The first-order valence-electron chi connectivity index (χ1n) is 7.23. The predicted molar refractivity (Wildman–Crippen MR) is 79.3 cm³/mol. The fourth-order valence-electron chi connectivity index (χ4n) is 2.55. The SMILES string of the molecule is COC[C@@H]1CN(C(=O)COc2ccccc2F)CC(C)(C)O1. The molecule has 1 aromatic carbocycles. The standard InChI is InChI=1S/C16H22FNO4/c1-16(2)11-18(8-12(22-16)9-20-3)15(19)10-21-14-7-5-4-6-13(14)17/h4-7,12H,8-11H2,1-3H3/t12-/m0/s1. The minimum atomic E-state index is -0.477. The number of amides is 1. The van der Waals surface area contributed by atoms with Crippen LogP contribution in [0.25, 0.3) is 0 Å². The van der Waals surface area contributed by atoms with E-state index in [1.807, 2.05) is 13.8 Å². The second kappa shape index (κ2) is 7.07. The minimum absolute atomic E-state index is 0.0804. The molecule has 6 heteroatoms. The lowest BCUT2D eigenvalue weighted by Crippen LogP contribution is -2.56. The zero-order valence-electron chi connectivity index (χ0n) is 13.2. The number of carbonyl (C=O) groups excluding carboxylic acids is 1. The van der Waals surface area contributed by atoms with E-state index in [0.29, 0.717) is 19.7 Å². The van der Waals surface area contributed by atoms with E-state index in [1.165, 1.54) is 12.1 Å². The molecule has 1 aliphatic rings. The van der Waals surface area contributed by atoms with Crippen LogP contribution in [0.3, 0.4) is 0 Å². The first-order chi connectivity index (χ1) is 10.4. The molecule has 0 spiro atoms. The minimum Gasteiger partial charge on any atom is -0.481 e. The number of nitrogens with zero attached hydrogens (tertiary/aromatic N) is 1. The topological polar surface area (TPSA) is 48.0 Å². The summed E-state index contributed by atoms with van der Waals surface area (Å²) < 4.78 is 29.7. The molecule has 0 saturated carbocycles. The Morgan fingerprint density at radius 2 is 2.18 bits per heavy atom.